The average molecular weight is 535 g/mol. The molecule has 1 aliphatic rings. The van der Waals surface area contributed by atoms with Gasteiger partial charge in [0.05, 0.1) is 6.04 Å². The van der Waals surface area contributed by atoms with Crippen molar-refractivity contribution in [3.63, 3.8) is 0 Å². The standard InChI is InChI=1S/C20H27F2N5S.HI/c1-23-20(24-12-17(26(2)3)18-8-5-11-28-18)25-14-9-10-27(13-14)19-15(21)6-4-7-16(19)22;/h4-8,11,14,17H,9-10,12-13H2,1-3H3,(H2,23,24,25);1H. The quantitative estimate of drug-likeness (QED) is 0.337. The van der Waals surface area contributed by atoms with Gasteiger partial charge in [-0.05, 0) is 44.1 Å². The molecule has 2 atom stereocenters. The molecule has 1 saturated heterocycles. The van der Waals surface area contributed by atoms with Gasteiger partial charge in [0.1, 0.15) is 17.3 Å². The number of hydrogen-bond donors (Lipinski definition) is 2. The van der Waals surface area contributed by atoms with E-state index in [-0.39, 0.29) is 41.7 Å². The highest BCUT2D eigenvalue weighted by Crippen LogP contribution is 2.27. The van der Waals surface area contributed by atoms with E-state index >= 15 is 0 Å². The number of para-hydroxylation sites is 1. The van der Waals surface area contributed by atoms with Crippen molar-refractivity contribution >= 4 is 47.0 Å². The monoisotopic (exact) mass is 535 g/mol. The molecule has 0 saturated carbocycles. The fourth-order valence-electron chi connectivity index (χ4n) is 3.47. The van der Waals surface area contributed by atoms with Crippen LogP contribution in [-0.4, -0.2) is 57.7 Å². The Morgan fingerprint density at radius 3 is 2.59 bits per heavy atom. The Morgan fingerprint density at radius 1 is 1.28 bits per heavy atom. The zero-order valence-corrected chi connectivity index (χ0v) is 20.0. The van der Waals surface area contributed by atoms with Gasteiger partial charge in [0.2, 0.25) is 0 Å². The number of halogens is 3. The Bertz CT molecular complexity index is 780. The van der Waals surface area contributed by atoms with E-state index in [0.29, 0.717) is 25.6 Å². The third-order valence-corrected chi connectivity index (χ3v) is 5.94. The van der Waals surface area contributed by atoms with Gasteiger partial charge in [-0.15, -0.1) is 35.3 Å². The highest BCUT2D eigenvalue weighted by atomic mass is 127. The van der Waals surface area contributed by atoms with Crippen molar-refractivity contribution in [1.82, 2.24) is 15.5 Å². The number of rotatable bonds is 6. The number of thiophene rings is 1. The molecule has 2 heterocycles. The van der Waals surface area contributed by atoms with Crippen LogP contribution < -0.4 is 15.5 Å². The number of guanidine groups is 1. The van der Waals surface area contributed by atoms with Crippen molar-refractivity contribution in [2.45, 2.75) is 18.5 Å². The topological polar surface area (TPSA) is 42.9 Å². The van der Waals surface area contributed by atoms with Crippen LogP contribution in [0.1, 0.15) is 17.3 Å². The first-order valence-corrected chi connectivity index (χ1v) is 10.2. The molecule has 1 aromatic heterocycles. The lowest BCUT2D eigenvalue weighted by molar-refractivity contribution is 0.302. The predicted molar refractivity (Wildman–Crippen MR) is 128 cm³/mol. The molecule has 160 valence electrons. The third kappa shape index (κ3) is 6.02. The van der Waals surface area contributed by atoms with E-state index in [9.17, 15) is 8.78 Å². The Morgan fingerprint density at radius 2 is 2.00 bits per heavy atom. The summed E-state index contributed by atoms with van der Waals surface area (Å²) in [6.07, 6.45) is 0.788. The van der Waals surface area contributed by atoms with Crippen molar-refractivity contribution < 1.29 is 8.78 Å². The Kier molecular flexibility index (Phi) is 9.09. The fourth-order valence-corrected chi connectivity index (χ4v) is 4.39. The maximum atomic E-state index is 14.0. The van der Waals surface area contributed by atoms with Gasteiger partial charge in [-0.25, -0.2) is 8.78 Å². The van der Waals surface area contributed by atoms with Gasteiger partial charge >= 0.3 is 0 Å². The molecule has 0 amide bonds. The predicted octanol–water partition coefficient (Wildman–Crippen LogP) is 3.69. The van der Waals surface area contributed by atoms with Gasteiger partial charge in [-0.2, -0.15) is 0 Å². The zero-order chi connectivity index (χ0) is 20.1. The van der Waals surface area contributed by atoms with Gasteiger partial charge in [0.25, 0.3) is 0 Å². The van der Waals surface area contributed by atoms with Crippen LogP contribution in [0.3, 0.4) is 0 Å². The van der Waals surface area contributed by atoms with Gasteiger partial charge in [0, 0.05) is 37.6 Å². The lowest BCUT2D eigenvalue weighted by Gasteiger charge is -2.25. The van der Waals surface area contributed by atoms with Crippen LogP contribution >= 0.6 is 35.3 Å². The largest absolute Gasteiger partial charge is 0.365 e. The van der Waals surface area contributed by atoms with E-state index in [1.165, 1.54) is 23.1 Å². The van der Waals surface area contributed by atoms with Crippen molar-refractivity contribution in [3.05, 3.63) is 52.2 Å². The lowest BCUT2D eigenvalue weighted by atomic mass is 10.2. The first-order valence-electron chi connectivity index (χ1n) is 9.35. The molecule has 2 unspecified atom stereocenters. The molecule has 29 heavy (non-hydrogen) atoms. The van der Waals surface area contributed by atoms with E-state index in [1.54, 1.807) is 23.3 Å². The number of benzene rings is 1. The number of hydrogen-bond acceptors (Lipinski definition) is 4. The van der Waals surface area contributed by atoms with Gasteiger partial charge < -0.3 is 20.4 Å². The second-order valence-electron chi connectivity index (χ2n) is 7.09. The minimum atomic E-state index is -0.520. The van der Waals surface area contributed by atoms with Crippen molar-refractivity contribution in [3.8, 4) is 0 Å². The van der Waals surface area contributed by atoms with Crippen molar-refractivity contribution in [2.24, 2.45) is 4.99 Å². The molecule has 3 rings (SSSR count). The van der Waals surface area contributed by atoms with Crippen LogP contribution in [0, 0.1) is 11.6 Å². The van der Waals surface area contributed by atoms with Crippen molar-refractivity contribution in [2.75, 3.05) is 45.7 Å². The second kappa shape index (κ2) is 11.1. The molecule has 1 fully saturated rings. The number of nitrogens with zero attached hydrogens (tertiary/aromatic N) is 3. The highest BCUT2D eigenvalue weighted by Gasteiger charge is 2.27. The number of nitrogens with one attached hydrogen (secondary N) is 2. The van der Waals surface area contributed by atoms with Crippen LogP contribution in [0.25, 0.3) is 0 Å². The fraction of sp³-hybridized carbons (Fsp3) is 0.450. The number of likely N-dealkylation sites (N-methyl/N-ethyl adjacent to an activating group) is 1. The van der Waals surface area contributed by atoms with Gasteiger partial charge in [-0.1, -0.05) is 12.1 Å². The second-order valence-corrected chi connectivity index (χ2v) is 8.07. The summed E-state index contributed by atoms with van der Waals surface area (Å²) >= 11 is 1.73. The number of aliphatic imine (C=N–C) groups is 1. The summed E-state index contributed by atoms with van der Waals surface area (Å²) < 4.78 is 28.1. The molecule has 0 radical (unpaired) electrons. The molecule has 2 aromatic rings. The normalized spacial score (nSPS) is 17.9. The lowest BCUT2D eigenvalue weighted by Crippen LogP contribution is -2.46. The maximum Gasteiger partial charge on any atom is 0.191 e. The molecular formula is C20H28F2IN5S. The van der Waals surface area contributed by atoms with Gasteiger partial charge in [0.15, 0.2) is 5.96 Å². The first-order chi connectivity index (χ1) is 13.5. The Hall–Kier alpha value is -1.46. The van der Waals surface area contributed by atoms with Crippen LogP contribution in [0.4, 0.5) is 14.5 Å². The van der Waals surface area contributed by atoms with Gasteiger partial charge in [-0.3, -0.25) is 4.99 Å². The molecule has 2 N–H and O–H groups in total. The number of anilines is 1. The first kappa shape index (κ1) is 23.8. The summed E-state index contributed by atoms with van der Waals surface area (Å²) in [7, 11) is 5.84. The van der Waals surface area contributed by atoms with E-state index in [1.807, 2.05) is 0 Å². The summed E-state index contributed by atoms with van der Waals surface area (Å²) in [5.74, 6) is -0.342. The van der Waals surface area contributed by atoms with E-state index in [4.69, 9.17) is 0 Å². The van der Waals surface area contributed by atoms with Crippen LogP contribution in [-0.2, 0) is 0 Å². The van der Waals surface area contributed by atoms with Crippen LogP contribution in [0.5, 0.6) is 0 Å². The Labute approximate surface area is 192 Å². The highest BCUT2D eigenvalue weighted by molar-refractivity contribution is 14.0. The molecule has 5 nitrogen and oxygen atoms in total. The summed E-state index contributed by atoms with van der Waals surface area (Å²) in [4.78, 5) is 9.52. The van der Waals surface area contributed by atoms with E-state index in [0.717, 1.165) is 6.42 Å². The maximum absolute atomic E-state index is 14.0. The molecular weight excluding hydrogens is 507 g/mol. The summed E-state index contributed by atoms with van der Waals surface area (Å²) in [5.41, 5.74) is 0.0557. The smallest absolute Gasteiger partial charge is 0.191 e. The SMILES string of the molecule is CN=C(NCC(c1cccs1)N(C)C)NC1CCN(c2c(F)cccc2F)C1.I. The Balaban J connectivity index is 0.00000300. The van der Waals surface area contributed by atoms with Crippen LogP contribution in [0.15, 0.2) is 40.7 Å². The minimum Gasteiger partial charge on any atom is -0.365 e. The average Bonchev–Trinajstić information content (AvgIpc) is 3.33. The van der Waals surface area contributed by atoms with E-state index in [2.05, 4.69) is 52.1 Å². The molecule has 1 aromatic carbocycles. The molecule has 0 bridgehead atoms. The summed E-state index contributed by atoms with van der Waals surface area (Å²) in [6.45, 7) is 1.84. The minimum absolute atomic E-state index is 0. The van der Waals surface area contributed by atoms with Crippen molar-refractivity contribution in [1.29, 1.82) is 0 Å². The summed E-state index contributed by atoms with van der Waals surface area (Å²) in [5, 5.41) is 8.84. The summed E-state index contributed by atoms with van der Waals surface area (Å²) in [6, 6.07) is 8.48. The molecule has 1 aliphatic heterocycles. The zero-order valence-electron chi connectivity index (χ0n) is 16.9. The molecule has 0 spiro atoms. The third-order valence-electron chi connectivity index (χ3n) is 4.96. The molecule has 0 aliphatic carbocycles. The van der Waals surface area contributed by atoms with Crippen LogP contribution in [0.2, 0.25) is 0 Å². The molecule has 9 heteroatoms. The van der Waals surface area contributed by atoms with E-state index < -0.39 is 11.6 Å².